The zero-order valence-electron chi connectivity index (χ0n) is 35.6. The molecule has 0 atom stereocenters. The topological polar surface area (TPSA) is 43.6 Å². The average Bonchev–Trinajstić information content (AvgIpc) is 3.82. The minimum absolute atomic E-state index is 0.239. The maximum Gasteiger partial charge on any atom is 0.238 e. The second-order valence-electron chi connectivity index (χ2n) is 17.2. The normalized spacial score (nSPS) is 12.7. The lowest BCUT2D eigenvalue weighted by atomic mass is 9.81. The molecule has 302 valence electrons. The van der Waals surface area contributed by atoms with Crippen molar-refractivity contribution in [2.24, 2.45) is 0 Å². The predicted molar refractivity (Wildman–Crippen MR) is 264 cm³/mol. The summed E-state index contributed by atoms with van der Waals surface area (Å²) in [6.45, 7) is 4.68. The number of para-hydroxylation sites is 1. The van der Waals surface area contributed by atoms with E-state index in [4.69, 9.17) is 15.0 Å². The van der Waals surface area contributed by atoms with Crippen molar-refractivity contribution in [2.75, 3.05) is 0 Å². The van der Waals surface area contributed by atoms with Gasteiger partial charge in [-0.1, -0.05) is 208 Å². The molecule has 9 aromatic carbocycles. The van der Waals surface area contributed by atoms with Crippen LogP contribution in [0.15, 0.2) is 218 Å². The smallest absolute Gasteiger partial charge is 0.238 e. The highest BCUT2D eigenvalue weighted by Crippen LogP contribution is 2.53. The summed E-state index contributed by atoms with van der Waals surface area (Å²) in [7, 11) is 0. The summed E-state index contributed by atoms with van der Waals surface area (Å²) in [6, 6.07) is 77.9. The van der Waals surface area contributed by atoms with E-state index in [0.717, 1.165) is 33.3 Å². The highest BCUT2D eigenvalue weighted by atomic mass is 15.2. The average molecular weight is 819 g/mol. The van der Waals surface area contributed by atoms with E-state index >= 15 is 0 Å². The first kappa shape index (κ1) is 37.5. The van der Waals surface area contributed by atoms with Gasteiger partial charge in [0.05, 0.1) is 11.0 Å². The van der Waals surface area contributed by atoms with Gasteiger partial charge in [0.25, 0.3) is 0 Å². The van der Waals surface area contributed by atoms with Crippen molar-refractivity contribution in [2.45, 2.75) is 19.3 Å². The van der Waals surface area contributed by atoms with Gasteiger partial charge in [-0.25, -0.2) is 4.98 Å². The van der Waals surface area contributed by atoms with Crippen LogP contribution < -0.4 is 0 Å². The molecule has 4 nitrogen and oxygen atoms in total. The van der Waals surface area contributed by atoms with Crippen molar-refractivity contribution < 1.29 is 0 Å². The summed E-state index contributed by atoms with van der Waals surface area (Å²) < 4.78 is 2.28. The monoisotopic (exact) mass is 818 g/mol. The van der Waals surface area contributed by atoms with Gasteiger partial charge in [-0.3, -0.25) is 4.57 Å². The Bertz CT molecular complexity index is 3570. The summed E-state index contributed by atoms with van der Waals surface area (Å²) in [5, 5.41) is 2.36. The largest absolute Gasteiger partial charge is 0.277 e. The molecule has 0 unspecified atom stereocenters. The third-order valence-electron chi connectivity index (χ3n) is 13.0. The standard InChI is InChI=1S/C60H42N4/c1-60(2)53-28-11-9-26-49(53)51-34-35-52-50-27-10-12-29-54(50)64(56(52)55(51)60)59-62-57(42-18-7-4-8-19-42)61-58(63-59)48-25-15-22-45(38-48)41-32-30-40(31-33-41)44-21-14-24-47(37-44)46-23-13-20-43(36-46)39-16-5-3-6-17-39/h3-38H,1-2H3. The number of fused-ring (bicyclic) bond motifs is 7. The van der Waals surface area contributed by atoms with Gasteiger partial charge < -0.3 is 0 Å². The van der Waals surface area contributed by atoms with E-state index in [0.29, 0.717) is 17.6 Å². The molecule has 0 N–H and O–H groups in total. The molecule has 0 spiro atoms. The zero-order valence-corrected chi connectivity index (χ0v) is 35.6. The summed E-state index contributed by atoms with van der Waals surface area (Å²) in [4.78, 5) is 15.9. The zero-order chi connectivity index (χ0) is 42.8. The number of nitrogens with zero attached hydrogens (tertiary/aromatic N) is 4. The highest BCUT2D eigenvalue weighted by Gasteiger charge is 2.38. The van der Waals surface area contributed by atoms with Gasteiger partial charge in [0.15, 0.2) is 11.6 Å². The van der Waals surface area contributed by atoms with Crippen LogP contribution in [0, 0.1) is 0 Å². The maximum absolute atomic E-state index is 5.38. The van der Waals surface area contributed by atoms with E-state index in [2.05, 4.69) is 219 Å². The van der Waals surface area contributed by atoms with Crippen molar-refractivity contribution in [1.29, 1.82) is 0 Å². The Hall–Kier alpha value is -8.21. The lowest BCUT2D eigenvalue weighted by molar-refractivity contribution is 0.663. The lowest BCUT2D eigenvalue weighted by Crippen LogP contribution is -2.17. The number of benzene rings is 9. The molecule has 64 heavy (non-hydrogen) atoms. The highest BCUT2D eigenvalue weighted by molar-refractivity contribution is 6.13. The Labute approximate surface area is 372 Å². The van der Waals surface area contributed by atoms with Crippen LogP contribution in [0.1, 0.15) is 25.0 Å². The lowest BCUT2D eigenvalue weighted by Gasteiger charge is -2.23. The third-order valence-corrected chi connectivity index (χ3v) is 13.0. The summed E-state index contributed by atoms with van der Waals surface area (Å²) in [5.74, 6) is 1.85. The fourth-order valence-electron chi connectivity index (χ4n) is 9.91. The molecule has 2 aromatic heterocycles. The van der Waals surface area contributed by atoms with Crippen molar-refractivity contribution >= 4 is 21.8 Å². The fourth-order valence-corrected chi connectivity index (χ4v) is 9.91. The van der Waals surface area contributed by atoms with E-state index < -0.39 is 0 Å². The van der Waals surface area contributed by atoms with Gasteiger partial charge in [0.1, 0.15) is 0 Å². The Kier molecular flexibility index (Phi) is 8.80. The molecule has 1 aliphatic rings. The number of rotatable bonds is 7. The molecular weight excluding hydrogens is 777 g/mol. The maximum atomic E-state index is 5.38. The molecule has 4 heteroatoms. The van der Waals surface area contributed by atoms with Crippen molar-refractivity contribution in [3.8, 4) is 84.4 Å². The molecule has 0 aliphatic heterocycles. The second kappa shape index (κ2) is 15.0. The summed E-state index contributed by atoms with van der Waals surface area (Å²) >= 11 is 0. The molecule has 0 bridgehead atoms. The van der Waals surface area contributed by atoms with E-state index in [1.165, 1.54) is 66.4 Å². The van der Waals surface area contributed by atoms with Crippen LogP contribution in [0.3, 0.4) is 0 Å². The van der Waals surface area contributed by atoms with E-state index in [-0.39, 0.29) is 5.41 Å². The van der Waals surface area contributed by atoms with Gasteiger partial charge in [0, 0.05) is 27.3 Å². The first-order chi connectivity index (χ1) is 31.5. The van der Waals surface area contributed by atoms with Gasteiger partial charge in [-0.15, -0.1) is 0 Å². The molecule has 0 amide bonds. The van der Waals surface area contributed by atoms with E-state index in [1.807, 2.05) is 18.2 Å². The SMILES string of the molecule is CC1(C)c2ccccc2-c2ccc3c4ccccc4n(-c4nc(-c5ccccc5)nc(-c5cccc(-c6ccc(-c7cccc(-c8cccc(-c9ccccc9)c8)c7)cc6)c5)n4)c3c21. The molecule has 0 saturated carbocycles. The van der Waals surface area contributed by atoms with Crippen LogP contribution in [0.2, 0.25) is 0 Å². The van der Waals surface area contributed by atoms with Crippen LogP contribution in [0.4, 0.5) is 0 Å². The van der Waals surface area contributed by atoms with Crippen LogP contribution in [0.25, 0.3) is 106 Å². The molecule has 2 heterocycles. The number of hydrogen-bond acceptors (Lipinski definition) is 3. The number of aromatic nitrogens is 4. The van der Waals surface area contributed by atoms with Crippen LogP contribution in [-0.4, -0.2) is 19.5 Å². The van der Waals surface area contributed by atoms with Crippen molar-refractivity contribution in [3.63, 3.8) is 0 Å². The minimum Gasteiger partial charge on any atom is -0.277 e. The molecule has 0 fully saturated rings. The molecule has 1 aliphatic carbocycles. The van der Waals surface area contributed by atoms with E-state index in [9.17, 15) is 0 Å². The molecule has 0 radical (unpaired) electrons. The summed E-state index contributed by atoms with van der Waals surface area (Å²) in [6.07, 6.45) is 0. The molecular formula is C60H42N4. The predicted octanol–water partition coefficient (Wildman–Crippen LogP) is 15.3. The molecule has 12 rings (SSSR count). The Balaban J connectivity index is 0.948. The minimum atomic E-state index is -0.239. The first-order valence-corrected chi connectivity index (χ1v) is 21.9. The van der Waals surface area contributed by atoms with Crippen LogP contribution in [-0.2, 0) is 5.41 Å². The third kappa shape index (κ3) is 6.26. The van der Waals surface area contributed by atoms with Gasteiger partial charge in [0.2, 0.25) is 5.95 Å². The molecule has 11 aromatic rings. The Morgan fingerprint density at radius 2 is 0.812 bits per heavy atom. The quantitative estimate of drug-likeness (QED) is 0.161. The van der Waals surface area contributed by atoms with Crippen molar-refractivity contribution in [3.05, 3.63) is 230 Å². The van der Waals surface area contributed by atoms with E-state index in [1.54, 1.807) is 0 Å². The fraction of sp³-hybridized carbons (Fsp3) is 0.0500. The van der Waals surface area contributed by atoms with Crippen LogP contribution in [0.5, 0.6) is 0 Å². The van der Waals surface area contributed by atoms with Crippen LogP contribution >= 0.6 is 0 Å². The van der Waals surface area contributed by atoms with Gasteiger partial charge in [-0.2, -0.15) is 9.97 Å². The number of hydrogen-bond donors (Lipinski definition) is 0. The molecule has 0 saturated heterocycles. The second-order valence-corrected chi connectivity index (χ2v) is 17.2. The summed E-state index contributed by atoms with van der Waals surface area (Å²) in [5.41, 5.74) is 18.4. The first-order valence-electron chi connectivity index (χ1n) is 21.9. The Morgan fingerprint density at radius 1 is 0.344 bits per heavy atom. The van der Waals surface area contributed by atoms with Crippen molar-refractivity contribution in [1.82, 2.24) is 19.5 Å². The van der Waals surface area contributed by atoms with Gasteiger partial charge >= 0.3 is 0 Å². The Morgan fingerprint density at radius 3 is 1.45 bits per heavy atom. The van der Waals surface area contributed by atoms with Gasteiger partial charge in [-0.05, 0) is 91.0 Å².